The SMILES string of the molecule is CC(C)c1ocnc1C(=O)N1CCN(Cc2ncn[nH]2)CC1. The number of carbonyl (C=O) groups is 1. The van der Waals surface area contributed by atoms with Gasteiger partial charge in [-0.05, 0) is 0 Å². The van der Waals surface area contributed by atoms with Crippen molar-refractivity contribution in [1.29, 1.82) is 0 Å². The molecule has 0 aliphatic carbocycles. The van der Waals surface area contributed by atoms with Gasteiger partial charge >= 0.3 is 0 Å². The molecule has 1 aliphatic heterocycles. The molecule has 118 valence electrons. The van der Waals surface area contributed by atoms with E-state index in [2.05, 4.69) is 25.1 Å². The summed E-state index contributed by atoms with van der Waals surface area (Å²) in [7, 11) is 0. The molecule has 8 heteroatoms. The van der Waals surface area contributed by atoms with Crippen LogP contribution in [0.3, 0.4) is 0 Å². The number of hydrogen-bond donors (Lipinski definition) is 1. The summed E-state index contributed by atoms with van der Waals surface area (Å²) in [5.41, 5.74) is 0.443. The van der Waals surface area contributed by atoms with E-state index in [1.165, 1.54) is 12.7 Å². The smallest absolute Gasteiger partial charge is 0.276 e. The molecule has 0 radical (unpaired) electrons. The molecule has 0 saturated carbocycles. The van der Waals surface area contributed by atoms with Crippen LogP contribution in [0.2, 0.25) is 0 Å². The molecule has 3 rings (SSSR count). The Morgan fingerprint density at radius 1 is 1.32 bits per heavy atom. The first-order valence-corrected chi connectivity index (χ1v) is 7.44. The molecule has 22 heavy (non-hydrogen) atoms. The summed E-state index contributed by atoms with van der Waals surface area (Å²) >= 11 is 0. The van der Waals surface area contributed by atoms with E-state index in [1.807, 2.05) is 18.7 Å². The van der Waals surface area contributed by atoms with Crippen LogP contribution in [-0.4, -0.2) is 62.1 Å². The number of carbonyl (C=O) groups excluding carboxylic acids is 1. The van der Waals surface area contributed by atoms with Crippen molar-refractivity contribution in [2.24, 2.45) is 0 Å². The number of aromatic nitrogens is 4. The quantitative estimate of drug-likeness (QED) is 0.901. The zero-order valence-corrected chi connectivity index (χ0v) is 12.8. The number of piperazine rings is 1. The van der Waals surface area contributed by atoms with Gasteiger partial charge in [-0.2, -0.15) is 5.10 Å². The van der Waals surface area contributed by atoms with Gasteiger partial charge in [-0.1, -0.05) is 13.8 Å². The maximum atomic E-state index is 12.6. The van der Waals surface area contributed by atoms with Gasteiger partial charge in [0.05, 0.1) is 6.54 Å². The van der Waals surface area contributed by atoms with Crippen LogP contribution in [0.5, 0.6) is 0 Å². The van der Waals surface area contributed by atoms with Crippen molar-refractivity contribution in [3.05, 3.63) is 30.0 Å². The summed E-state index contributed by atoms with van der Waals surface area (Å²) in [4.78, 5) is 24.9. The molecular weight excluding hydrogens is 284 g/mol. The van der Waals surface area contributed by atoms with E-state index in [9.17, 15) is 4.79 Å². The van der Waals surface area contributed by atoms with Gasteiger partial charge in [-0.15, -0.1) is 0 Å². The lowest BCUT2D eigenvalue weighted by atomic mass is 10.1. The Kier molecular flexibility index (Phi) is 4.19. The fourth-order valence-corrected chi connectivity index (χ4v) is 2.60. The average molecular weight is 304 g/mol. The van der Waals surface area contributed by atoms with Gasteiger partial charge in [0.15, 0.2) is 12.1 Å². The first kappa shape index (κ1) is 14.7. The third-order valence-electron chi connectivity index (χ3n) is 3.82. The number of amides is 1. The molecule has 0 spiro atoms. The fraction of sp³-hybridized carbons (Fsp3) is 0.571. The monoisotopic (exact) mass is 304 g/mol. The summed E-state index contributed by atoms with van der Waals surface area (Å²) in [6, 6.07) is 0. The lowest BCUT2D eigenvalue weighted by Crippen LogP contribution is -2.48. The zero-order chi connectivity index (χ0) is 15.5. The molecule has 2 aromatic heterocycles. The maximum Gasteiger partial charge on any atom is 0.276 e. The van der Waals surface area contributed by atoms with Gasteiger partial charge in [-0.3, -0.25) is 14.8 Å². The molecule has 0 bridgehead atoms. The van der Waals surface area contributed by atoms with E-state index < -0.39 is 0 Å². The van der Waals surface area contributed by atoms with E-state index in [0.717, 1.165) is 25.5 Å². The predicted molar refractivity (Wildman–Crippen MR) is 78.2 cm³/mol. The molecular formula is C14H20N6O2. The van der Waals surface area contributed by atoms with Crippen LogP contribution in [0.25, 0.3) is 0 Å². The molecule has 0 unspecified atom stereocenters. The highest BCUT2D eigenvalue weighted by molar-refractivity contribution is 5.93. The highest BCUT2D eigenvalue weighted by atomic mass is 16.3. The van der Waals surface area contributed by atoms with Crippen LogP contribution in [0.1, 0.15) is 41.8 Å². The minimum atomic E-state index is -0.0447. The fourth-order valence-electron chi connectivity index (χ4n) is 2.60. The molecule has 3 heterocycles. The number of aromatic amines is 1. The highest BCUT2D eigenvalue weighted by Gasteiger charge is 2.27. The number of rotatable bonds is 4. The lowest BCUT2D eigenvalue weighted by Gasteiger charge is -2.33. The third-order valence-corrected chi connectivity index (χ3v) is 3.82. The van der Waals surface area contributed by atoms with Gasteiger partial charge in [-0.25, -0.2) is 9.97 Å². The molecule has 1 N–H and O–H groups in total. The van der Waals surface area contributed by atoms with Gasteiger partial charge in [0.25, 0.3) is 5.91 Å². The molecule has 0 aromatic carbocycles. The largest absolute Gasteiger partial charge is 0.447 e. The van der Waals surface area contributed by atoms with E-state index >= 15 is 0 Å². The van der Waals surface area contributed by atoms with E-state index in [4.69, 9.17) is 4.42 Å². The van der Waals surface area contributed by atoms with Crippen molar-refractivity contribution in [3.63, 3.8) is 0 Å². The van der Waals surface area contributed by atoms with Crippen LogP contribution in [0.4, 0.5) is 0 Å². The van der Waals surface area contributed by atoms with Gasteiger partial charge < -0.3 is 9.32 Å². The Morgan fingerprint density at radius 2 is 2.09 bits per heavy atom. The molecule has 2 aromatic rings. The molecule has 1 amide bonds. The summed E-state index contributed by atoms with van der Waals surface area (Å²) in [5.74, 6) is 1.61. The minimum absolute atomic E-state index is 0.0447. The predicted octanol–water partition coefficient (Wildman–Crippen LogP) is 0.874. The molecule has 1 saturated heterocycles. The second kappa shape index (κ2) is 6.27. The molecule has 1 fully saturated rings. The standard InChI is InChI=1S/C14H20N6O2/c1-10(2)13-12(16-9-22-13)14(21)20-5-3-19(4-6-20)7-11-15-8-17-18-11/h8-10H,3-7H2,1-2H3,(H,15,17,18). The van der Waals surface area contributed by atoms with Crippen LogP contribution < -0.4 is 0 Å². The van der Waals surface area contributed by atoms with Crippen molar-refractivity contribution in [2.75, 3.05) is 26.2 Å². The van der Waals surface area contributed by atoms with E-state index in [-0.39, 0.29) is 11.8 Å². The summed E-state index contributed by atoms with van der Waals surface area (Å²) in [6.07, 6.45) is 2.86. The maximum absolute atomic E-state index is 12.6. The Bertz CT molecular complexity index is 613. The Hall–Kier alpha value is -2.22. The summed E-state index contributed by atoms with van der Waals surface area (Å²) in [6.45, 7) is 7.68. The highest BCUT2D eigenvalue weighted by Crippen LogP contribution is 2.20. The van der Waals surface area contributed by atoms with Crippen LogP contribution in [-0.2, 0) is 6.54 Å². The first-order chi connectivity index (χ1) is 10.6. The van der Waals surface area contributed by atoms with E-state index in [0.29, 0.717) is 24.5 Å². The normalized spacial score (nSPS) is 16.4. The molecule has 0 atom stereocenters. The van der Waals surface area contributed by atoms with Crippen LogP contribution >= 0.6 is 0 Å². The van der Waals surface area contributed by atoms with Crippen molar-refractivity contribution < 1.29 is 9.21 Å². The Labute approximate surface area is 128 Å². The van der Waals surface area contributed by atoms with Crippen LogP contribution in [0, 0.1) is 0 Å². The average Bonchev–Trinajstić information content (AvgIpc) is 3.18. The third kappa shape index (κ3) is 3.01. The van der Waals surface area contributed by atoms with Crippen molar-refractivity contribution in [2.45, 2.75) is 26.3 Å². The Balaban J connectivity index is 1.59. The number of hydrogen-bond acceptors (Lipinski definition) is 6. The topological polar surface area (TPSA) is 91.2 Å². The van der Waals surface area contributed by atoms with E-state index in [1.54, 1.807) is 0 Å². The second-order valence-electron chi connectivity index (χ2n) is 5.72. The summed E-state index contributed by atoms with van der Waals surface area (Å²) < 4.78 is 5.34. The minimum Gasteiger partial charge on any atom is -0.447 e. The first-order valence-electron chi connectivity index (χ1n) is 7.44. The molecule has 1 aliphatic rings. The number of H-pyrrole nitrogens is 1. The van der Waals surface area contributed by atoms with Gasteiger partial charge in [0.2, 0.25) is 0 Å². The number of oxazole rings is 1. The van der Waals surface area contributed by atoms with Crippen molar-refractivity contribution in [3.8, 4) is 0 Å². The van der Waals surface area contributed by atoms with Gasteiger partial charge in [0.1, 0.15) is 17.9 Å². The second-order valence-corrected chi connectivity index (χ2v) is 5.72. The number of nitrogens with one attached hydrogen (secondary N) is 1. The van der Waals surface area contributed by atoms with Gasteiger partial charge in [0, 0.05) is 32.1 Å². The lowest BCUT2D eigenvalue weighted by molar-refractivity contribution is 0.0617. The van der Waals surface area contributed by atoms with Crippen molar-refractivity contribution >= 4 is 5.91 Å². The molecule has 8 nitrogen and oxygen atoms in total. The zero-order valence-electron chi connectivity index (χ0n) is 12.8. The summed E-state index contributed by atoms with van der Waals surface area (Å²) in [5, 5.41) is 6.70. The van der Waals surface area contributed by atoms with Crippen molar-refractivity contribution in [1.82, 2.24) is 30.0 Å². The number of nitrogens with zero attached hydrogens (tertiary/aromatic N) is 5. The van der Waals surface area contributed by atoms with Crippen LogP contribution in [0.15, 0.2) is 17.1 Å². The Morgan fingerprint density at radius 3 is 2.73 bits per heavy atom.